The van der Waals surface area contributed by atoms with Crippen LogP contribution in [0.25, 0.3) is 0 Å². The first-order valence-corrected chi connectivity index (χ1v) is 12.9. The monoisotopic (exact) mass is 492 g/mol. The van der Waals surface area contributed by atoms with E-state index < -0.39 is 13.9 Å². The molecule has 1 saturated carbocycles. The molecule has 0 bridgehead atoms. The molecule has 1 rings (SSSR count). The van der Waals surface area contributed by atoms with E-state index in [0.29, 0.717) is 39.0 Å². The predicted molar refractivity (Wildman–Crippen MR) is 124 cm³/mol. The van der Waals surface area contributed by atoms with E-state index in [4.69, 9.17) is 9.05 Å². The summed E-state index contributed by atoms with van der Waals surface area (Å²) in [5.74, 6) is -0.637. The van der Waals surface area contributed by atoms with Crippen LogP contribution in [0.4, 0.5) is 0 Å². The van der Waals surface area contributed by atoms with E-state index in [1.54, 1.807) is 0 Å². The summed E-state index contributed by atoms with van der Waals surface area (Å²) in [5, 5.41) is 8.14. The van der Waals surface area contributed by atoms with Gasteiger partial charge in [-0.25, -0.2) is 4.57 Å². The summed E-state index contributed by atoms with van der Waals surface area (Å²) >= 11 is 0. The molecule has 192 valence electrons. The molecular weight excluding hydrogens is 451 g/mol. The van der Waals surface area contributed by atoms with Crippen LogP contribution in [0, 0.1) is 5.41 Å². The molecule has 12 heteroatoms. The molecule has 33 heavy (non-hydrogen) atoms. The SMILES string of the molecule is CC(=O)NCCN(CCNC(C)=O)C[C@H](COP(=O)(O)OC1CCC(C)(C)CC1)NC(C)=O. The van der Waals surface area contributed by atoms with E-state index in [2.05, 4.69) is 29.8 Å². The van der Waals surface area contributed by atoms with E-state index in [0.717, 1.165) is 12.8 Å². The summed E-state index contributed by atoms with van der Waals surface area (Å²) in [6, 6.07) is -0.591. The maximum Gasteiger partial charge on any atom is 0.472 e. The lowest BCUT2D eigenvalue weighted by Crippen LogP contribution is -2.49. The Morgan fingerprint density at radius 3 is 2.00 bits per heavy atom. The highest BCUT2D eigenvalue weighted by atomic mass is 31.2. The van der Waals surface area contributed by atoms with Crippen LogP contribution in [0.1, 0.15) is 60.3 Å². The third-order valence-electron chi connectivity index (χ3n) is 5.50. The molecule has 11 nitrogen and oxygen atoms in total. The van der Waals surface area contributed by atoms with Gasteiger partial charge in [-0.05, 0) is 31.1 Å². The molecule has 0 aliphatic heterocycles. The fraction of sp³-hybridized carbons (Fsp3) is 0.857. The lowest BCUT2D eigenvalue weighted by atomic mass is 9.76. The van der Waals surface area contributed by atoms with Crippen molar-refractivity contribution in [3.63, 3.8) is 0 Å². The van der Waals surface area contributed by atoms with Crippen molar-refractivity contribution in [1.82, 2.24) is 20.9 Å². The summed E-state index contributed by atoms with van der Waals surface area (Å²) in [5.41, 5.74) is 0.203. The van der Waals surface area contributed by atoms with Gasteiger partial charge in [-0.1, -0.05) is 13.8 Å². The average molecular weight is 493 g/mol. The maximum absolute atomic E-state index is 12.5. The summed E-state index contributed by atoms with van der Waals surface area (Å²) in [4.78, 5) is 46.2. The second-order valence-electron chi connectivity index (χ2n) is 9.40. The molecule has 1 unspecified atom stereocenters. The van der Waals surface area contributed by atoms with Gasteiger partial charge in [0.2, 0.25) is 17.7 Å². The number of phosphoric acid groups is 1. The zero-order valence-corrected chi connectivity index (χ0v) is 21.4. The third kappa shape index (κ3) is 14.4. The van der Waals surface area contributed by atoms with E-state index in [1.807, 2.05) is 4.90 Å². The topological polar surface area (TPSA) is 146 Å². The molecule has 4 N–H and O–H groups in total. The average Bonchev–Trinajstić information content (AvgIpc) is 2.66. The first-order chi connectivity index (χ1) is 15.3. The molecule has 3 amide bonds. The molecular formula is C21H41N4O7P. The molecule has 0 spiro atoms. The smallest absolute Gasteiger partial charge is 0.355 e. The summed E-state index contributed by atoms with van der Waals surface area (Å²) in [6.07, 6.45) is 2.86. The van der Waals surface area contributed by atoms with Gasteiger partial charge in [-0.2, -0.15) is 0 Å². The van der Waals surface area contributed by atoms with Crippen molar-refractivity contribution in [2.24, 2.45) is 5.41 Å². The largest absolute Gasteiger partial charge is 0.472 e. The minimum Gasteiger partial charge on any atom is -0.355 e. The zero-order chi connectivity index (χ0) is 25.1. The van der Waals surface area contributed by atoms with E-state index in [-0.39, 0.29) is 42.4 Å². The number of rotatable bonds is 14. The Morgan fingerprint density at radius 2 is 1.55 bits per heavy atom. The number of amides is 3. The number of carbonyl (C=O) groups excluding carboxylic acids is 3. The number of hydrogen-bond acceptors (Lipinski definition) is 7. The summed E-state index contributed by atoms with van der Waals surface area (Å²) in [6.45, 7) is 10.3. The van der Waals surface area contributed by atoms with Crippen molar-refractivity contribution in [3.05, 3.63) is 0 Å². The Hall–Kier alpha value is -1.52. The molecule has 1 fully saturated rings. The van der Waals surface area contributed by atoms with E-state index in [9.17, 15) is 23.8 Å². The van der Waals surface area contributed by atoms with Gasteiger partial charge in [0.1, 0.15) is 0 Å². The van der Waals surface area contributed by atoms with E-state index >= 15 is 0 Å². The van der Waals surface area contributed by atoms with Crippen LogP contribution in [0.5, 0.6) is 0 Å². The second-order valence-corrected chi connectivity index (χ2v) is 10.8. The molecule has 0 aromatic heterocycles. The van der Waals surface area contributed by atoms with Gasteiger partial charge in [0.25, 0.3) is 0 Å². The predicted octanol–water partition coefficient (Wildman–Crippen LogP) is 1.17. The van der Waals surface area contributed by atoms with Crippen molar-refractivity contribution in [1.29, 1.82) is 0 Å². The number of phosphoric ester groups is 1. The second kappa shape index (κ2) is 14.0. The molecule has 0 saturated heterocycles. The first-order valence-electron chi connectivity index (χ1n) is 11.4. The molecule has 0 radical (unpaired) electrons. The molecule has 2 atom stereocenters. The number of hydrogen-bond donors (Lipinski definition) is 4. The van der Waals surface area contributed by atoms with Crippen LogP contribution in [0.2, 0.25) is 0 Å². The van der Waals surface area contributed by atoms with Crippen molar-refractivity contribution in [2.45, 2.75) is 72.4 Å². The highest BCUT2D eigenvalue weighted by molar-refractivity contribution is 7.47. The van der Waals surface area contributed by atoms with Crippen LogP contribution in [0.3, 0.4) is 0 Å². The fourth-order valence-corrected chi connectivity index (χ4v) is 4.71. The Morgan fingerprint density at radius 1 is 1.03 bits per heavy atom. The van der Waals surface area contributed by atoms with Gasteiger partial charge in [-0.3, -0.25) is 28.3 Å². The molecule has 0 aromatic rings. The summed E-state index contributed by atoms with van der Waals surface area (Å²) in [7, 11) is -4.30. The van der Waals surface area contributed by atoms with Crippen LogP contribution in [0.15, 0.2) is 0 Å². The minimum absolute atomic E-state index is 0.164. The maximum atomic E-state index is 12.5. The van der Waals surface area contributed by atoms with Crippen molar-refractivity contribution < 1.29 is 32.9 Å². The molecule has 0 heterocycles. The zero-order valence-electron chi connectivity index (χ0n) is 20.5. The van der Waals surface area contributed by atoms with Crippen LogP contribution < -0.4 is 16.0 Å². The quantitative estimate of drug-likeness (QED) is 0.264. The Kier molecular flexibility index (Phi) is 12.5. The lowest BCUT2D eigenvalue weighted by molar-refractivity contribution is -0.120. The Bertz CT molecular complexity index is 674. The van der Waals surface area contributed by atoms with Gasteiger partial charge < -0.3 is 20.8 Å². The van der Waals surface area contributed by atoms with Gasteiger partial charge in [-0.15, -0.1) is 0 Å². The number of nitrogens with one attached hydrogen (secondary N) is 3. The lowest BCUT2D eigenvalue weighted by Gasteiger charge is -2.34. The van der Waals surface area contributed by atoms with Crippen LogP contribution in [-0.4, -0.2) is 79.0 Å². The van der Waals surface area contributed by atoms with Crippen molar-refractivity contribution in [3.8, 4) is 0 Å². The Labute approximate surface area is 196 Å². The first kappa shape index (κ1) is 29.5. The number of nitrogens with zero attached hydrogens (tertiary/aromatic N) is 1. The van der Waals surface area contributed by atoms with Gasteiger partial charge in [0, 0.05) is 53.5 Å². The minimum atomic E-state index is -4.30. The number of carbonyl (C=O) groups is 3. The standard InChI is InChI=1S/C21H41N4O7P/c1-16(26)22-10-12-25(13-11-23-17(2)27)14-19(24-18(3)28)15-31-33(29,30)32-20-6-8-21(4,5)9-7-20/h19-20H,6-15H2,1-5H3,(H,22,26)(H,23,27)(H,24,28)(H,29,30)/t19-/m1/s1. The van der Waals surface area contributed by atoms with Crippen molar-refractivity contribution >= 4 is 25.5 Å². The highest BCUT2D eigenvalue weighted by Crippen LogP contribution is 2.48. The normalized spacial score (nSPS) is 18.9. The van der Waals surface area contributed by atoms with Gasteiger partial charge in [0.15, 0.2) is 0 Å². The third-order valence-corrected chi connectivity index (χ3v) is 6.54. The van der Waals surface area contributed by atoms with Gasteiger partial charge in [0.05, 0.1) is 18.8 Å². The molecule has 1 aliphatic carbocycles. The van der Waals surface area contributed by atoms with Gasteiger partial charge >= 0.3 is 7.82 Å². The molecule has 0 aromatic carbocycles. The molecule has 1 aliphatic rings. The summed E-state index contributed by atoms with van der Waals surface area (Å²) < 4.78 is 23.1. The highest BCUT2D eigenvalue weighted by Gasteiger charge is 2.33. The van der Waals surface area contributed by atoms with Crippen molar-refractivity contribution in [2.75, 3.05) is 39.3 Å². The van der Waals surface area contributed by atoms with E-state index in [1.165, 1.54) is 20.8 Å². The van der Waals surface area contributed by atoms with Crippen LogP contribution in [-0.2, 0) is 28.0 Å². The Balaban J connectivity index is 2.67. The van der Waals surface area contributed by atoms with Crippen LogP contribution >= 0.6 is 7.82 Å². The fourth-order valence-electron chi connectivity index (χ4n) is 3.69.